The van der Waals surface area contributed by atoms with Crippen molar-refractivity contribution in [2.45, 2.75) is 31.3 Å². The highest BCUT2D eigenvalue weighted by molar-refractivity contribution is 14.1. The summed E-state index contributed by atoms with van der Waals surface area (Å²) in [5.41, 5.74) is 3.46. The largest absolute Gasteiger partial charge is 0.384 e. The van der Waals surface area contributed by atoms with Crippen LogP contribution in [0.3, 0.4) is 0 Å². The first-order valence-electron chi connectivity index (χ1n) is 6.26. The van der Waals surface area contributed by atoms with E-state index in [0.29, 0.717) is 5.92 Å². The lowest BCUT2D eigenvalue weighted by molar-refractivity contribution is 0.217. The van der Waals surface area contributed by atoms with Gasteiger partial charge in [0.2, 0.25) is 0 Å². The lowest BCUT2D eigenvalue weighted by Gasteiger charge is -2.29. The molecule has 3 heteroatoms. The number of benzene rings is 1. The highest BCUT2D eigenvalue weighted by Gasteiger charge is 2.25. The third-order valence-corrected chi connectivity index (χ3v) is 5.55. The second-order valence-corrected chi connectivity index (χ2v) is 7.65. The van der Waals surface area contributed by atoms with Gasteiger partial charge in [0.1, 0.15) is 6.10 Å². The van der Waals surface area contributed by atoms with Gasteiger partial charge in [-0.25, -0.2) is 0 Å². The van der Waals surface area contributed by atoms with Gasteiger partial charge in [0.15, 0.2) is 0 Å². The van der Waals surface area contributed by atoms with Crippen molar-refractivity contribution in [2.75, 3.05) is 0 Å². The van der Waals surface area contributed by atoms with Gasteiger partial charge in [0, 0.05) is 0 Å². The fourth-order valence-electron chi connectivity index (χ4n) is 2.50. The van der Waals surface area contributed by atoms with E-state index in [1.54, 1.807) is 11.3 Å². The molecule has 1 unspecified atom stereocenters. The van der Waals surface area contributed by atoms with Crippen molar-refractivity contribution < 1.29 is 5.11 Å². The number of hydrogen-bond acceptors (Lipinski definition) is 2. The van der Waals surface area contributed by atoms with Crippen LogP contribution in [0.5, 0.6) is 0 Å². The predicted molar refractivity (Wildman–Crippen MR) is 84.1 cm³/mol. The fourth-order valence-corrected chi connectivity index (χ4v) is 3.89. The molecule has 1 aromatic carbocycles. The number of rotatable bonds is 3. The maximum Gasteiger partial charge on any atom is 0.105 e. The Morgan fingerprint density at radius 2 is 2.06 bits per heavy atom. The van der Waals surface area contributed by atoms with Crippen molar-refractivity contribution in [3.63, 3.8) is 0 Å². The summed E-state index contributed by atoms with van der Waals surface area (Å²) in [6, 6.07) is 10.4. The first-order chi connectivity index (χ1) is 8.75. The third kappa shape index (κ3) is 2.36. The van der Waals surface area contributed by atoms with Gasteiger partial charge in [-0.1, -0.05) is 30.7 Å². The maximum atomic E-state index is 10.6. The highest BCUT2D eigenvalue weighted by Crippen LogP contribution is 2.40. The molecule has 0 bridgehead atoms. The van der Waals surface area contributed by atoms with Gasteiger partial charge in [-0.2, -0.15) is 0 Å². The molecule has 94 valence electrons. The van der Waals surface area contributed by atoms with E-state index >= 15 is 0 Å². The van der Waals surface area contributed by atoms with Gasteiger partial charge in [-0.15, -0.1) is 11.3 Å². The molecule has 2 aromatic rings. The van der Waals surface area contributed by atoms with Gasteiger partial charge in [0.25, 0.3) is 0 Å². The second-order valence-electron chi connectivity index (χ2n) is 4.84. The summed E-state index contributed by atoms with van der Waals surface area (Å²) in [5, 5.41) is 12.6. The molecule has 0 aliphatic heterocycles. The van der Waals surface area contributed by atoms with Crippen LogP contribution >= 0.6 is 33.9 Å². The van der Waals surface area contributed by atoms with Crippen LogP contribution in [0.1, 0.15) is 48.0 Å². The number of thiophene rings is 1. The maximum absolute atomic E-state index is 10.6. The summed E-state index contributed by atoms with van der Waals surface area (Å²) in [6.07, 6.45) is 3.39. The molecule has 1 heterocycles. The summed E-state index contributed by atoms with van der Waals surface area (Å²) >= 11 is 3.99. The average Bonchev–Trinajstić information content (AvgIpc) is 2.74. The Morgan fingerprint density at radius 1 is 1.28 bits per heavy atom. The van der Waals surface area contributed by atoms with Gasteiger partial charge >= 0.3 is 0 Å². The normalized spacial score (nSPS) is 17.4. The number of halogens is 1. The van der Waals surface area contributed by atoms with Crippen LogP contribution in [-0.4, -0.2) is 5.11 Å². The number of aliphatic hydroxyl groups excluding tert-OH is 1. The number of hydrogen-bond donors (Lipinski definition) is 1. The zero-order valence-electron chi connectivity index (χ0n) is 9.97. The summed E-state index contributed by atoms with van der Waals surface area (Å²) in [6.45, 7) is 0. The van der Waals surface area contributed by atoms with Crippen molar-refractivity contribution in [1.29, 1.82) is 0 Å². The first kappa shape index (κ1) is 12.6. The molecule has 1 aliphatic rings. The molecule has 3 rings (SSSR count). The van der Waals surface area contributed by atoms with E-state index in [4.69, 9.17) is 0 Å². The smallest absolute Gasteiger partial charge is 0.105 e. The fraction of sp³-hybridized carbons (Fsp3) is 0.333. The molecule has 0 saturated heterocycles. The van der Waals surface area contributed by atoms with E-state index in [-0.39, 0.29) is 0 Å². The van der Waals surface area contributed by atoms with Crippen LogP contribution in [0, 0.1) is 2.88 Å². The number of aliphatic hydroxyl groups is 1. The molecule has 1 aliphatic carbocycles. The summed E-state index contributed by atoms with van der Waals surface area (Å²) in [5.74, 6) is 0.661. The van der Waals surface area contributed by atoms with Crippen molar-refractivity contribution >= 4 is 33.9 Å². The van der Waals surface area contributed by atoms with Gasteiger partial charge in [-0.05, 0) is 69.5 Å². The monoisotopic (exact) mass is 370 g/mol. The van der Waals surface area contributed by atoms with Crippen LogP contribution < -0.4 is 0 Å². The minimum absolute atomic E-state index is 0.471. The minimum atomic E-state index is -0.471. The van der Waals surface area contributed by atoms with Crippen molar-refractivity contribution in [2.24, 2.45) is 0 Å². The predicted octanol–water partition coefficient (Wildman–Crippen LogP) is 4.70. The SMILES string of the molecule is OC(c1csc(I)c1)c1ccccc1C1CCC1. The van der Waals surface area contributed by atoms with Crippen LogP contribution in [0.25, 0.3) is 0 Å². The zero-order chi connectivity index (χ0) is 12.5. The van der Waals surface area contributed by atoms with Crippen molar-refractivity contribution in [1.82, 2.24) is 0 Å². The molecule has 1 saturated carbocycles. The van der Waals surface area contributed by atoms with Gasteiger partial charge < -0.3 is 5.11 Å². The average molecular weight is 370 g/mol. The summed E-state index contributed by atoms with van der Waals surface area (Å²) in [7, 11) is 0. The van der Waals surface area contributed by atoms with E-state index in [1.165, 1.54) is 27.7 Å². The molecule has 18 heavy (non-hydrogen) atoms. The topological polar surface area (TPSA) is 20.2 Å². The Kier molecular flexibility index (Phi) is 3.73. The summed E-state index contributed by atoms with van der Waals surface area (Å²) in [4.78, 5) is 0. The van der Waals surface area contributed by atoms with Crippen molar-refractivity contribution in [3.05, 3.63) is 55.3 Å². The van der Waals surface area contributed by atoms with E-state index in [0.717, 1.165) is 11.1 Å². The lowest BCUT2D eigenvalue weighted by atomic mass is 9.77. The molecular formula is C15H15IOS. The minimum Gasteiger partial charge on any atom is -0.384 e. The molecule has 0 amide bonds. The molecule has 1 atom stereocenters. The zero-order valence-corrected chi connectivity index (χ0v) is 12.9. The van der Waals surface area contributed by atoms with E-state index in [2.05, 4.69) is 52.2 Å². The highest BCUT2D eigenvalue weighted by atomic mass is 127. The molecule has 1 fully saturated rings. The molecule has 1 aromatic heterocycles. The Labute approximate surface area is 125 Å². The second kappa shape index (κ2) is 5.31. The Bertz CT molecular complexity index is 545. The van der Waals surface area contributed by atoms with Crippen molar-refractivity contribution in [3.8, 4) is 0 Å². The van der Waals surface area contributed by atoms with Crippen LogP contribution in [-0.2, 0) is 0 Å². The lowest BCUT2D eigenvalue weighted by Crippen LogP contribution is -2.13. The Hall–Kier alpha value is -0.390. The van der Waals surface area contributed by atoms with Gasteiger partial charge in [0.05, 0.1) is 2.88 Å². The molecule has 1 N–H and O–H groups in total. The Balaban J connectivity index is 1.95. The quantitative estimate of drug-likeness (QED) is 0.777. The standard InChI is InChI=1S/C15H15IOS/c16-14-8-11(9-18-14)15(17)13-7-2-1-6-12(13)10-4-3-5-10/h1-2,6-10,15,17H,3-5H2. The van der Waals surface area contributed by atoms with E-state index < -0.39 is 6.10 Å². The molecular weight excluding hydrogens is 355 g/mol. The third-order valence-electron chi connectivity index (χ3n) is 3.74. The summed E-state index contributed by atoms with van der Waals surface area (Å²) < 4.78 is 1.22. The molecule has 1 nitrogen and oxygen atoms in total. The Morgan fingerprint density at radius 3 is 2.67 bits per heavy atom. The van der Waals surface area contributed by atoms with Crippen LogP contribution in [0.15, 0.2) is 35.7 Å². The molecule has 0 spiro atoms. The van der Waals surface area contributed by atoms with E-state index in [9.17, 15) is 5.11 Å². The van der Waals surface area contributed by atoms with E-state index in [1.807, 2.05) is 6.07 Å². The van der Waals surface area contributed by atoms with Gasteiger partial charge in [-0.3, -0.25) is 0 Å². The van der Waals surface area contributed by atoms with Crippen LogP contribution in [0.2, 0.25) is 0 Å². The first-order valence-corrected chi connectivity index (χ1v) is 8.22. The van der Waals surface area contributed by atoms with Crippen LogP contribution in [0.4, 0.5) is 0 Å². The molecule has 0 radical (unpaired) electrons.